The maximum absolute atomic E-state index is 4.78. The van der Waals surface area contributed by atoms with Crippen LogP contribution in [0.1, 0.15) is 0 Å². The van der Waals surface area contributed by atoms with Crippen molar-refractivity contribution in [2.45, 2.75) is 0 Å². The topological polar surface area (TPSA) is 38.9 Å². The Balaban J connectivity index is 2.33. The van der Waals surface area contributed by atoms with Crippen LogP contribution in [0.15, 0.2) is 51.6 Å². The second kappa shape index (κ2) is 3.72. The van der Waals surface area contributed by atoms with Crippen LogP contribution in [0.5, 0.6) is 0 Å². The van der Waals surface area contributed by atoms with E-state index in [2.05, 4.69) is 26.2 Å². The molecule has 3 aromatic rings. The van der Waals surface area contributed by atoms with E-state index in [1.165, 1.54) is 0 Å². The molecule has 0 aliphatic carbocycles. The molecule has 0 radical (unpaired) electrons. The zero-order chi connectivity index (χ0) is 11.0. The highest BCUT2D eigenvalue weighted by molar-refractivity contribution is 9.10. The Morgan fingerprint density at radius 1 is 0.875 bits per heavy atom. The fourth-order valence-corrected chi connectivity index (χ4v) is 2.08. The molecule has 0 bridgehead atoms. The van der Waals surface area contributed by atoms with Crippen LogP contribution in [0, 0.1) is 0 Å². The highest BCUT2D eigenvalue weighted by Gasteiger charge is 2.11. The van der Waals surface area contributed by atoms with Gasteiger partial charge in [0.25, 0.3) is 0 Å². The summed E-state index contributed by atoms with van der Waals surface area (Å²) in [7, 11) is 0. The molecule has 0 saturated heterocycles. The van der Waals surface area contributed by atoms with E-state index in [0.29, 0.717) is 0 Å². The second-order valence-electron chi connectivity index (χ2n) is 3.42. The van der Waals surface area contributed by atoms with Crippen molar-refractivity contribution in [3.63, 3.8) is 0 Å². The highest BCUT2D eigenvalue weighted by Crippen LogP contribution is 2.30. The van der Waals surface area contributed by atoms with Gasteiger partial charge in [-0.05, 0) is 37.9 Å². The lowest BCUT2D eigenvalue weighted by Gasteiger charge is -2.01. The Morgan fingerprint density at radius 3 is 2.44 bits per heavy atom. The molecule has 4 heteroatoms. The lowest BCUT2D eigenvalue weighted by Crippen LogP contribution is -1.81. The molecule has 0 saturated carbocycles. The third kappa shape index (κ3) is 1.42. The normalized spacial score (nSPS) is 10.8. The molecule has 3 rings (SSSR count). The number of benzene rings is 2. The van der Waals surface area contributed by atoms with E-state index in [9.17, 15) is 0 Å². The summed E-state index contributed by atoms with van der Waals surface area (Å²) in [5, 5.41) is 7.81. The SMILES string of the molecule is Brc1ccc(-c2ccccc2)c2nonc12. The van der Waals surface area contributed by atoms with Gasteiger partial charge in [-0.1, -0.05) is 36.4 Å². The Morgan fingerprint density at radius 2 is 1.62 bits per heavy atom. The smallest absolute Gasteiger partial charge is 0.150 e. The van der Waals surface area contributed by atoms with Gasteiger partial charge in [-0.2, -0.15) is 0 Å². The molecule has 78 valence electrons. The molecule has 0 fully saturated rings. The number of nitrogens with zero attached hydrogens (tertiary/aromatic N) is 2. The molecule has 1 aromatic heterocycles. The molecule has 0 N–H and O–H groups in total. The summed E-state index contributed by atoms with van der Waals surface area (Å²) in [5.41, 5.74) is 3.66. The molecule has 0 spiro atoms. The van der Waals surface area contributed by atoms with E-state index >= 15 is 0 Å². The number of aromatic nitrogens is 2. The van der Waals surface area contributed by atoms with Gasteiger partial charge in [0.15, 0.2) is 0 Å². The first kappa shape index (κ1) is 9.54. The largest absolute Gasteiger partial charge is 0.243 e. The fourth-order valence-electron chi connectivity index (χ4n) is 1.69. The van der Waals surface area contributed by atoms with Crippen LogP contribution in [-0.4, -0.2) is 10.3 Å². The first-order valence-electron chi connectivity index (χ1n) is 4.82. The van der Waals surface area contributed by atoms with Crippen LogP contribution >= 0.6 is 15.9 Å². The quantitative estimate of drug-likeness (QED) is 0.680. The Labute approximate surface area is 100 Å². The van der Waals surface area contributed by atoms with Crippen molar-refractivity contribution >= 4 is 27.0 Å². The number of fused-ring (bicyclic) bond motifs is 1. The zero-order valence-electron chi connectivity index (χ0n) is 8.22. The van der Waals surface area contributed by atoms with Crippen molar-refractivity contribution < 1.29 is 4.63 Å². The summed E-state index contributed by atoms with van der Waals surface area (Å²) < 4.78 is 5.67. The van der Waals surface area contributed by atoms with E-state index in [1.807, 2.05) is 42.5 Å². The molecule has 1 heterocycles. The van der Waals surface area contributed by atoms with Crippen LogP contribution in [0.3, 0.4) is 0 Å². The van der Waals surface area contributed by atoms with Crippen molar-refractivity contribution in [2.75, 3.05) is 0 Å². The Kier molecular flexibility index (Phi) is 2.22. The van der Waals surface area contributed by atoms with Crippen molar-refractivity contribution in [3.05, 3.63) is 46.9 Å². The van der Waals surface area contributed by atoms with E-state index in [4.69, 9.17) is 4.63 Å². The molecule has 0 aliphatic heterocycles. The Hall–Kier alpha value is -1.68. The molecule has 0 unspecified atom stereocenters. The standard InChI is InChI=1S/C12H7BrN2O/c13-10-7-6-9(8-4-2-1-3-5-8)11-12(10)15-16-14-11/h1-7H. The average Bonchev–Trinajstić information content (AvgIpc) is 2.81. The average molecular weight is 275 g/mol. The van der Waals surface area contributed by atoms with Crippen LogP contribution in [0.25, 0.3) is 22.2 Å². The minimum absolute atomic E-state index is 0.751. The van der Waals surface area contributed by atoms with Crippen molar-refractivity contribution in [1.29, 1.82) is 0 Å². The summed E-state index contributed by atoms with van der Waals surface area (Å²) >= 11 is 3.42. The molecular formula is C12H7BrN2O. The van der Waals surface area contributed by atoms with Crippen molar-refractivity contribution in [2.24, 2.45) is 0 Å². The number of hydrogen-bond donors (Lipinski definition) is 0. The molecule has 0 amide bonds. The van der Waals surface area contributed by atoms with Gasteiger partial charge >= 0.3 is 0 Å². The highest BCUT2D eigenvalue weighted by atomic mass is 79.9. The second-order valence-corrected chi connectivity index (χ2v) is 4.28. The van der Waals surface area contributed by atoms with Crippen molar-refractivity contribution in [1.82, 2.24) is 10.3 Å². The predicted molar refractivity (Wildman–Crippen MR) is 64.9 cm³/mol. The number of hydrogen-bond acceptors (Lipinski definition) is 3. The van der Waals surface area contributed by atoms with Gasteiger partial charge in [-0.3, -0.25) is 0 Å². The maximum atomic E-state index is 4.78. The first-order chi connectivity index (χ1) is 7.86. The van der Waals surface area contributed by atoms with Gasteiger partial charge in [0, 0.05) is 10.0 Å². The summed E-state index contributed by atoms with van der Waals surface area (Å²) in [5.74, 6) is 0. The molecule has 2 aromatic carbocycles. The van der Waals surface area contributed by atoms with Crippen LogP contribution in [-0.2, 0) is 0 Å². The zero-order valence-corrected chi connectivity index (χ0v) is 9.81. The minimum Gasteiger partial charge on any atom is -0.243 e. The number of halogens is 1. The van der Waals surface area contributed by atoms with Gasteiger partial charge < -0.3 is 0 Å². The molecule has 16 heavy (non-hydrogen) atoms. The van der Waals surface area contributed by atoms with E-state index in [0.717, 1.165) is 26.6 Å². The van der Waals surface area contributed by atoms with Crippen LogP contribution in [0.2, 0.25) is 0 Å². The van der Waals surface area contributed by atoms with Crippen LogP contribution < -0.4 is 0 Å². The Bertz CT molecular complexity index is 634. The predicted octanol–water partition coefficient (Wildman–Crippen LogP) is 3.65. The molecule has 3 nitrogen and oxygen atoms in total. The maximum Gasteiger partial charge on any atom is 0.150 e. The van der Waals surface area contributed by atoms with Gasteiger partial charge in [0.1, 0.15) is 11.0 Å². The van der Waals surface area contributed by atoms with Gasteiger partial charge in [-0.15, -0.1) is 0 Å². The summed E-state index contributed by atoms with van der Waals surface area (Å²) in [6, 6.07) is 14.0. The van der Waals surface area contributed by atoms with Gasteiger partial charge in [0.05, 0.1) is 0 Å². The third-order valence-electron chi connectivity index (χ3n) is 2.45. The molecule has 0 aliphatic rings. The van der Waals surface area contributed by atoms with Crippen LogP contribution in [0.4, 0.5) is 0 Å². The fraction of sp³-hybridized carbons (Fsp3) is 0. The minimum atomic E-state index is 0.751. The van der Waals surface area contributed by atoms with Crippen molar-refractivity contribution in [3.8, 4) is 11.1 Å². The molecule has 0 atom stereocenters. The molecular weight excluding hydrogens is 268 g/mol. The van der Waals surface area contributed by atoms with E-state index < -0.39 is 0 Å². The van der Waals surface area contributed by atoms with Gasteiger partial charge in [0.2, 0.25) is 0 Å². The number of rotatable bonds is 1. The van der Waals surface area contributed by atoms with E-state index in [1.54, 1.807) is 0 Å². The van der Waals surface area contributed by atoms with Gasteiger partial charge in [-0.25, -0.2) is 4.63 Å². The van der Waals surface area contributed by atoms with E-state index in [-0.39, 0.29) is 0 Å². The summed E-state index contributed by atoms with van der Waals surface area (Å²) in [6.45, 7) is 0. The first-order valence-corrected chi connectivity index (χ1v) is 5.62. The summed E-state index contributed by atoms with van der Waals surface area (Å²) in [6.07, 6.45) is 0. The lowest BCUT2D eigenvalue weighted by atomic mass is 10.0. The monoisotopic (exact) mass is 274 g/mol. The lowest BCUT2D eigenvalue weighted by molar-refractivity contribution is 0.315. The third-order valence-corrected chi connectivity index (χ3v) is 3.09. The summed E-state index contributed by atoms with van der Waals surface area (Å²) in [4.78, 5) is 0.